The van der Waals surface area contributed by atoms with Crippen molar-refractivity contribution in [2.75, 3.05) is 27.3 Å². The first-order chi connectivity index (χ1) is 27.1. The van der Waals surface area contributed by atoms with Crippen LogP contribution in [0.4, 0.5) is 9.59 Å². The van der Waals surface area contributed by atoms with Crippen molar-refractivity contribution in [1.82, 2.24) is 40.4 Å². The Bertz CT molecular complexity index is 2260. The van der Waals surface area contributed by atoms with Gasteiger partial charge in [0.15, 0.2) is 0 Å². The summed E-state index contributed by atoms with van der Waals surface area (Å²) in [6.07, 6.45) is 3.83. The van der Waals surface area contributed by atoms with Gasteiger partial charge < -0.3 is 39.9 Å². The number of H-pyrrole nitrogens is 2. The number of ether oxygens (including phenoxy) is 2. The van der Waals surface area contributed by atoms with Crippen molar-refractivity contribution in [3.63, 3.8) is 0 Å². The molecule has 14 nitrogen and oxygen atoms in total. The first kappa shape index (κ1) is 38.1. The van der Waals surface area contributed by atoms with E-state index >= 15 is 0 Å². The molecule has 56 heavy (non-hydrogen) atoms. The van der Waals surface area contributed by atoms with Crippen LogP contribution < -0.4 is 10.6 Å². The molecule has 4 heterocycles. The molecule has 5 aromatic rings. The number of rotatable bonds is 11. The number of amides is 4. The predicted molar refractivity (Wildman–Crippen MR) is 212 cm³/mol. The van der Waals surface area contributed by atoms with Gasteiger partial charge in [-0.1, -0.05) is 56.3 Å². The molecule has 14 heteroatoms. The Morgan fingerprint density at radius 1 is 0.750 bits per heavy atom. The van der Waals surface area contributed by atoms with E-state index in [9.17, 15) is 19.2 Å². The van der Waals surface area contributed by atoms with E-state index in [2.05, 4.69) is 69.6 Å². The Hall–Kier alpha value is -6.18. The second kappa shape index (κ2) is 16.3. The Balaban J connectivity index is 1.06. The van der Waals surface area contributed by atoms with E-state index in [1.807, 2.05) is 36.9 Å². The molecule has 0 bridgehead atoms. The lowest BCUT2D eigenvalue weighted by molar-refractivity contribution is -0.135. The summed E-state index contributed by atoms with van der Waals surface area (Å²) < 4.78 is 9.50. The molecular weight excluding hydrogens is 713 g/mol. The Kier molecular flexibility index (Phi) is 11.1. The van der Waals surface area contributed by atoms with Crippen molar-refractivity contribution in [2.24, 2.45) is 5.92 Å². The fourth-order valence-electron chi connectivity index (χ4n) is 7.89. The third-order valence-electron chi connectivity index (χ3n) is 10.8. The minimum atomic E-state index is -0.764. The van der Waals surface area contributed by atoms with E-state index in [0.29, 0.717) is 25.3 Å². The maximum absolute atomic E-state index is 13.6. The zero-order chi connectivity index (χ0) is 39.5. The average molecular weight is 761 g/mol. The molecular formula is C42H48N8O6. The number of methoxy groups -OCH3 is 2. The summed E-state index contributed by atoms with van der Waals surface area (Å²) >= 11 is 0. The molecule has 4 N–H and O–H groups in total. The number of fused-ring (bicyclic) bond motifs is 2. The monoisotopic (exact) mass is 760 g/mol. The Morgan fingerprint density at radius 3 is 1.68 bits per heavy atom. The van der Waals surface area contributed by atoms with E-state index in [4.69, 9.17) is 19.4 Å². The second-order valence-corrected chi connectivity index (χ2v) is 14.7. The van der Waals surface area contributed by atoms with Crippen LogP contribution in [0.5, 0.6) is 0 Å². The van der Waals surface area contributed by atoms with Crippen LogP contribution in [0.1, 0.15) is 69.7 Å². The number of alkyl carbamates (subject to hydrolysis) is 2. The predicted octanol–water partition coefficient (Wildman–Crippen LogP) is 6.78. The van der Waals surface area contributed by atoms with Gasteiger partial charge in [-0.15, -0.1) is 6.58 Å². The van der Waals surface area contributed by atoms with Gasteiger partial charge in [0.05, 0.1) is 48.4 Å². The van der Waals surface area contributed by atoms with Crippen LogP contribution in [0.15, 0.2) is 73.3 Å². The molecule has 7 rings (SSSR count). The molecule has 2 aliphatic heterocycles. The molecule has 2 aromatic heterocycles. The van der Waals surface area contributed by atoms with Crippen LogP contribution in [0.3, 0.4) is 0 Å². The van der Waals surface area contributed by atoms with Crippen molar-refractivity contribution in [2.45, 2.75) is 70.1 Å². The second-order valence-electron chi connectivity index (χ2n) is 14.7. The zero-order valence-corrected chi connectivity index (χ0v) is 32.1. The first-order valence-electron chi connectivity index (χ1n) is 19.1. The number of aromatic nitrogens is 4. The van der Waals surface area contributed by atoms with Crippen molar-refractivity contribution in [3.8, 4) is 22.3 Å². The number of likely N-dealkylation sites (tertiary alicyclic amines) is 2. The molecule has 2 fully saturated rings. The number of hydrogen-bond donors (Lipinski definition) is 4. The van der Waals surface area contributed by atoms with Gasteiger partial charge in [0.1, 0.15) is 23.7 Å². The first-order valence-corrected chi connectivity index (χ1v) is 19.1. The fraction of sp³-hybridized carbons (Fsp3) is 0.381. The highest BCUT2D eigenvalue weighted by molar-refractivity contribution is 5.88. The molecule has 3 aromatic carbocycles. The Labute approximate surface area is 325 Å². The van der Waals surface area contributed by atoms with Gasteiger partial charge in [0, 0.05) is 13.1 Å². The van der Waals surface area contributed by atoms with Crippen LogP contribution in [0, 0.1) is 5.92 Å². The van der Waals surface area contributed by atoms with Crippen LogP contribution in [-0.2, 0) is 19.1 Å². The highest BCUT2D eigenvalue weighted by Crippen LogP contribution is 2.36. The topological polar surface area (TPSA) is 175 Å². The van der Waals surface area contributed by atoms with Crippen molar-refractivity contribution >= 4 is 46.1 Å². The summed E-state index contributed by atoms with van der Waals surface area (Å²) in [5.74, 6) is 1.01. The number of nitrogens with zero attached hydrogens (tertiary/aromatic N) is 4. The summed E-state index contributed by atoms with van der Waals surface area (Å²) in [5, 5.41) is 5.34. The molecule has 0 radical (unpaired) electrons. The highest BCUT2D eigenvalue weighted by atomic mass is 16.5. The Morgan fingerprint density at radius 2 is 1.21 bits per heavy atom. The molecule has 0 spiro atoms. The van der Waals surface area contributed by atoms with E-state index in [-0.39, 0.29) is 29.8 Å². The molecule has 0 saturated carbocycles. The van der Waals surface area contributed by atoms with Gasteiger partial charge in [-0.2, -0.15) is 0 Å². The number of imidazole rings is 2. The lowest BCUT2D eigenvalue weighted by Gasteiger charge is -2.29. The summed E-state index contributed by atoms with van der Waals surface area (Å²) in [5.41, 5.74) is 7.53. The summed E-state index contributed by atoms with van der Waals surface area (Å²) in [7, 11) is 2.56. The number of nitrogens with one attached hydrogen (secondary N) is 4. The lowest BCUT2D eigenvalue weighted by atomic mass is 10.00. The fourth-order valence-corrected chi connectivity index (χ4v) is 7.89. The van der Waals surface area contributed by atoms with Crippen molar-refractivity contribution in [3.05, 3.63) is 85.0 Å². The number of carbonyl (C=O) groups is 4. The van der Waals surface area contributed by atoms with Crippen LogP contribution >= 0.6 is 0 Å². The van der Waals surface area contributed by atoms with Crippen LogP contribution in [-0.4, -0.2) is 93.1 Å². The van der Waals surface area contributed by atoms with Gasteiger partial charge >= 0.3 is 12.2 Å². The van der Waals surface area contributed by atoms with Gasteiger partial charge in [0.2, 0.25) is 11.8 Å². The normalized spacial score (nSPS) is 17.9. The van der Waals surface area contributed by atoms with Crippen LogP contribution in [0.2, 0.25) is 0 Å². The van der Waals surface area contributed by atoms with Crippen molar-refractivity contribution < 1.29 is 28.7 Å². The van der Waals surface area contributed by atoms with Gasteiger partial charge in [-0.05, 0) is 84.5 Å². The summed E-state index contributed by atoms with van der Waals surface area (Å²) in [6.45, 7) is 8.71. The van der Waals surface area contributed by atoms with Gasteiger partial charge in [0.25, 0.3) is 0 Å². The average Bonchev–Trinajstić information content (AvgIpc) is 4.04. The molecule has 4 amide bonds. The molecule has 292 valence electrons. The smallest absolute Gasteiger partial charge is 0.407 e. The number of carbonyl (C=O) groups excluding carboxylic acids is 4. The molecule has 4 atom stereocenters. The molecule has 0 aliphatic carbocycles. The molecule has 1 unspecified atom stereocenters. The minimum Gasteiger partial charge on any atom is -0.453 e. The quantitative estimate of drug-likeness (QED) is 0.107. The highest BCUT2D eigenvalue weighted by Gasteiger charge is 2.38. The number of aromatic amines is 2. The van der Waals surface area contributed by atoms with Gasteiger partial charge in [-0.3, -0.25) is 9.59 Å². The zero-order valence-electron chi connectivity index (χ0n) is 32.1. The number of benzene rings is 3. The summed E-state index contributed by atoms with van der Waals surface area (Å²) in [6, 6.07) is 18.7. The van der Waals surface area contributed by atoms with E-state index < -0.39 is 24.3 Å². The van der Waals surface area contributed by atoms with Crippen LogP contribution in [0.25, 0.3) is 44.3 Å². The molecule has 2 aliphatic rings. The molecule has 2 saturated heterocycles. The summed E-state index contributed by atoms with van der Waals surface area (Å²) in [4.78, 5) is 71.3. The standard InChI is InChI=1S/C42H48N8O6/c1-6-9-31(47-41(53)55-4)39(51)49-20-7-10-34(49)37-43-29-18-16-27(22-32(29)45-37)25-12-14-26(15-13-25)28-17-19-30-33(23-28)46-38(44-30)35-11-8-21-50(35)40(52)36(24(2)3)48-42(54)56-5/h6,12-19,22-24,31,34-36H,1,7-11,20-21H2,2-5H3,(H,43,45)(H,44,46)(H,47,53)(H,48,54)/t31-,34-,35-,36?/m0/s1. The number of hydrogen-bond acceptors (Lipinski definition) is 8. The van der Waals surface area contributed by atoms with Gasteiger partial charge in [-0.25, -0.2) is 19.6 Å². The van der Waals surface area contributed by atoms with E-state index in [0.717, 1.165) is 75.8 Å². The van der Waals surface area contributed by atoms with E-state index in [1.165, 1.54) is 14.2 Å². The minimum absolute atomic E-state index is 0.110. The maximum atomic E-state index is 13.6. The van der Waals surface area contributed by atoms with Crippen molar-refractivity contribution in [1.29, 1.82) is 0 Å². The third-order valence-corrected chi connectivity index (χ3v) is 10.8. The largest absolute Gasteiger partial charge is 0.453 e. The lowest BCUT2D eigenvalue weighted by Crippen LogP contribution is -2.51. The SMILES string of the molecule is C=CC[C@H](NC(=O)OC)C(=O)N1CCC[C@H]1c1nc2ccc(-c3ccc(-c4ccc5nc([C@@H]6CCCN6C(=O)C(NC(=O)OC)C(C)C)[nH]c5c4)cc3)cc2[nH]1. The van der Waals surface area contributed by atoms with E-state index in [1.54, 1.807) is 11.0 Å². The maximum Gasteiger partial charge on any atom is 0.407 e. The third kappa shape index (κ3) is 7.68.